The lowest BCUT2D eigenvalue weighted by atomic mass is 9.99. The number of hydrogen-bond acceptors (Lipinski definition) is 6. The maximum absolute atomic E-state index is 12.4. The van der Waals surface area contributed by atoms with E-state index in [2.05, 4.69) is 29.1 Å². The molecular weight excluding hydrogens is 352 g/mol. The van der Waals surface area contributed by atoms with Crippen molar-refractivity contribution in [3.63, 3.8) is 0 Å². The van der Waals surface area contributed by atoms with Gasteiger partial charge in [-0.3, -0.25) is 9.59 Å². The average molecular weight is 376 g/mol. The Labute approximate surface area is 156 Å². The van der Waals surface area contributed by atoms with E-state index in [1.54, 1.807) is 29.4 Å². The van der Waals surface area contributed by atoms with Crippen LogP contribution in [-0.2, 0) is 17.6 Å². The molecule has 7 nitrogen and oxygen atoms in total. The molecule has 26 heavy (non-hydrogen) atoms. The zero-order valence-corrected chi connectivity index (χ0v) is 16.1. The molecule has 2 aromatic heterocycles. The highest BCUT2D eigenvalue weighted by Gasteiger charge is 2.32. The number of carbonyl (C=O) groups excluding carboxylic acids is 2. The summed E-state index contributed by atoms with van der Waals surface area (Å²) in [5.74, 6) is 1.79. The lowest BCUT2D eigenvalue weighted by molar-refractivity contribution is -0.121. The molecule has 1 saturated heterocycles. The molecule has 1 aliphatic rings. The molecule has 0 saturated carbocycles. The van der Waals surface area contributed by atoms with E-state index in [9.17, 15) is 9.59 Å². The summed E-state index contributed by atoms with van der Waals surface area (Å²) in [5.41, 5.74) is 0.535. The van der Waals surface area contributed by atoms with Crippen LogP contribution < -0.4 is 5.32 Å². The summed E-state index contributed by atoms with van der Waals surface area (Å²) in [7, 11) is 0. The minimum absolute atomic E-state index is 0.0194. The van der Waals surface area contributed by atoms with Crippen molar-refractivity contribution >= 4 is 23.2 Å². The zero-order valence-electron chi connectivity index (χ0n) is 15.3. The van der Waals surface area contributed by atoms with E-state index in [-0.39, 0.29) is 24.2 Å². The van der Waals surface area contributed by atoms with Crippen molar-refractivity contribution in [1.82, 2.24) is 20.2 Å². The molecule has 0 bridgehead atoms. The van der Waals surface area contributed by atoms with E-state index < -0.39 is 0 Å². The highest BCUT2D eigenvalue weighted by molar-refractivity contribution is 7.09. The van der Waals surface area contributed by atoms with Crippen LogP contribution in [0.1, 0.15) is 41.0 Å². The fraction of sp³-hybridized carbons (Fsp3) is 0.556. The molecule has 2 aromatic rings. The number of oxazole rings is 1. The standard InChI is InChI=1S/C18H24N4O3S/c1-11(2)4-17-21-14(10-26-17)18(24)22-8-13(9-22)7-19-15(23)5-16-20-6-12(3)25-16/h6,10-11,13H,4-5,7-9H2,1-3H3,(H,19,23). The molecule has 140 valence electrons. The van der Waals surface area contributed by atoms with Crippen LogP contribution in [0.3, 0.4) is 0 Å². The van der Waals surface area contributed by atoms with Crippen LogP contribution >= 0.6 is 11.3 Å². The van der Waals surface area contributed by atoms with Crippen molar-refractivity contribution in [2.24, 2.45) is 11.8 Å². The van der Waals surface area contributed by atoms with Crippen molar-refractivity contribution < 1.29 is 14.0 Å². The molecular formula is C18H24N4O3S. The van der Waals surface area contributed by atoms with Gasteiger partial charge in [0, 0.05) is 37.4 Å². The fourth-order valence-corrected chi connectivity index (χ4v) is 3.80. The Morgan fingerprint density at radius 3 is 2.85 bits per heavy atom. The second-order valence-corrected chi connectivity index (χ2v) is 8.09. The molecule has 0 radical (unpaired) electrons. The SMILES string of the molecule is Cc1cnc(CC(=O)NCC2CN(C(=O)c3csc(CC(C)C)n3)C2)o1. The second-order valence-electron chi connectivity index (χ2n) is 7.15. The Morgan fingerprint density at radius 1 is 1.42 bits per heavy atom. The van der Waals surface area contributed by atoms with Crippen molar-refractivity contribution in [3.05, 3.63) is 33.9 Å². The number of amides is 2. The fourth-order valence-electron chi connectivity index (χ4n) is 2.82. The third kappa shape index (κ3) is 4.69. The first-order valence-electron chi connectivity index (χ1n) is 8.82. The zero-order chi connectivity index (χ0) is 18.7. The summed E-state index contributed by atoms with van der Waals surface area (Å²) >= 11 is 1.55. The van der Waals surface area contributed by atoms with E-state index in [4.69, 9.17) is 4.42 Å². The largest absolute Gasteiger partial charge is 0.445 e. The topological polar surface area (TPSA) is 88.3 Å². The number of hydrogen-bond donors (Lipinski definition) is 1. The van der Waals surface area contributed by atoms with E-state index in [1.165, 1.54) is 0 Å². The van der Waals surface area contributed by atoms with Crippen LogP contribution in [0.2, 0.25) is 0 Å². The summed E-state index contributed by atoms with van der Waals surface area (Å²) < 4.78 is 5.29. The summed E-state index contributed by atoms with van der Waals surface area (Å²) in [5, 5.41) is 5.73. The highest BCUT2D eigenvalue weighted by Crippen LogP contribution is 2.20. The first-order valence-corrected chi connectivity index (χ1v) is 9.70. The molecule has 0 aliphatic carbocycles. The average Bonchev–Trinajstić information content (AvgIpc) is 3.14. The number of nitrogens with one attached hydrogen (secondary N) is 1. The van der Waals surface area contributed by atoms with E-state index >= 15 is 0 Å². The summed E-state index contributed by atoms with van der Waals surface area (Å²) in [4.78, 5) is 34.5. The molecule has 1 fully saturated rings. The molecule has 8 heteroatoms. The lowest BCUT2D eigenvalue weighted by Crippen LogP contribution is -2.54. The lowest BCUT2D eigenvalue weighted by Gasteiger charge is -2.38. The van der Waals surface area contributed by atoms with Gasteiger partial charge in [-0.05, 0) is 12.8 Å². The van der Waals surface area contributed by atoms with Gasteiger partial charge in [0.25, 0.3) is 5.91 Å². The number of likely N-dealkylation sites (tertiary alicyclic amines) is 1. The molecule has 1 aliphatic heterocycles. The van der Waals surface area contributed by atoms with Gasteiger partial charge in [-0.25, -0.2) is 9.97 Å². The summed E-state index contributed by atoms with van der Waals surface area (Å²) in [6.07, 6.45) is 2.64. The van der Waals surface area contributed by atoms with Gasteiger partial charge in [-0.1, -0.05) is 13.8 Å². The summed E-state index contributed by atoms with van der Waals surface area (Å²) in [6.45, 7) is 7.92. The Morgan fingerprint density at radius 2 is 2.19 bits per heavy atom. The molecule has 3 heterocycles. The molecule has 0 aromatic carbocycles. The van der Waals surface area contributed by atoms with Crippen molar-refractivity contribution in [1.29, 1.82) is 0 Å². The van der Waals surface area contributed by atoms with Crippen molar-refractivity contribution in [2.45, 2.75) is 33.6 Å². The second kappa shape index (κ2) is 7.99. The number of nitrogens with zero attached hydrogens (tertiary/aromatic N) is 3. The van der Waals surface area contributed by atoms with Crippen LogP contribution in [-0.4, -0.2) is 46.3 Å². The van der Waals surface area contributed by atoms with Gasteiger partial charge < -0.3 is 14.6 Å². The minimum Gasteiger partial charge on any atom is -0.445 e. The van der Waals surface area contributed by atoms with Crippen molar-refractivity contribution in [3.8, 4) is 0 Å². The predicted molar refractivity (Wildman–Crippen MR) is 98.0 cm³/mol. The minimum atomic E-state index is -0.116. The van der Waals surface area contributed by atoms with E-state index in [1.807, 2.05) is 5.38 Å². The van der Waals surface area contributed by atoms with Crippen LogP contribution in [0.5, 0.6) is 0 Å². The number of carbonyl (C=O) groups is 2. The quantitative estimate of drug-likeness (QED) is 0.799. The van der Waals surface area contributed by atoms with Crippen LogP contribution in [0.15, 0.2) is 16.0 Å². The van der Waals surface area contributed by atoms with Gasteiger partial charge in [0.1, 0.15) is 17.9 Å². The van der Waals surface area contributed by atoms with E-state index in [0.717, 1.165) is 11.4 Å². The van der Waals surface area contributed by atoms with Gasteiger partial charge in [-0.2, -0.15) is 0 Å². The predicted octanol–water partition coefficient (Wildman–Crippen LogP) is 2.07. The molecule has 2 amide bonds. The maximum Gasteiger partial charge on any atom is 0.273 e. The van der Waals surface area contributed by atoms with Gasteiger partial charge in [0.2, 0.25) is 11.8 Å². The smallest absolute Gasteiger partial charge is 0.273 e. The highest BCUT2D eigenvalue weighted by atomic mass is 32.1. The maximum atomic E-state index is 12.4. The Hall–Kier alpha value is -2.22. The number of thiazole rings is 1. The van der Waals surface area contributed by atoms with Gasteiger partial charge >= 0.3 is 0 Å². The van der Waals surface area contributed by atoms with E-state index in [0.29, 0.717) is 42.9 Å². The van der Waals surface area contributed by atoms with Crippen molar-refractivity contribution in [2.75, 3.05) is 19.6 Å². The third-order valence-corrected chi connectivity index (χ3v) is 5.04. The molecule has 1 N–H and O–H groups in total. The summed E-state index contributed by atoms with van der Waals surface area (Å²) in [6, 6.07) is 0. The van der Waals surface area contributed by atoms with Crippen LogP contribution in [0, 0.1) is 18.8 Å². The number of rotatable bonds is 7. The molecule has 0 atom stereocenters. The molecule has 3 rings (SSSR count). The van der Waals surface area contributed by atoms with Gasteiger partial charge in [-0.15, -0.1) is 11.3 Å². The Kier molecular flexibility index (Phi) is 5.70. The molecule has 0 spiro atoms. The van der Waals surface area contributed by atoms with Crippen LogP contribution in [0.4, 0.5) is 0 Å². The van der Waals surface area contributed by atoms with Gasteiger partial charge in [0.15, 0.2) is 0 Å². The number of aryl methyl sites for hydroxylation is 1. The first-order chi connectivity index (χ1) is 12.4. The normalized spacial score (nSPS) is 14.5. The Bertz CT molecular complexity index is 777. The number of aromatic nitrogens is 2. The first kappa shape index (κ1) is 18.6. The molecule has 0 unspecified atom stereocenters. The third-order valence-electron chi connectivity index (χ3n) is 4.17. The van der Waals surface area contributed by atoms with Gasteiger partial charge in [0.05, 0.1) is 11.2 Å². The monoisotopic (exact) mass is 376 g/mol. The Balaban J connectivity index is 1.39. The van der Waals surface area contributed by atoms with Crippen LogP contribution in [0.25, 0.3) is 0 Å².